The highest BCUT2D eigenvalue weighted by molar-refractivity contribution is 5.74. The molecule has 0 radical (unpaired) electrons. The van der Waals surface area contributed by atoms with Gasteiger partial charge in [-0.15, -0.1) is 0 Å². The zero-order valence-electron chi connectivity index (χ0n) is 17.1. The first-order chi connectivity index (χ1) is 12.4. The van der Waals surface area contributed by atoms with E-state index in [1.165, 1.54) is 6.92 Å². The predicted molar refractivity (Wildman–Crippen MR) is 100 cm³/mol. The van der Waals surface area contributed by atoms with E-state index in [-0.39, 0.29) is 18.2 Å². The van der Waals surface area contributed by atoms with E-state index >= 15 is 0 Å². The molecule has 1 aliphatic rings. The van der Waals surface area contributed by atoms with Crippen LogP contribution in [0.15, 0.2) is 0 Å². The van der Waals surface area contributed by atoms with E-state index in [1.807, 2.05) is 13.8 Å². The van der Waals surface area contributed by atoms with Gasteiger partial charge in [-0.1, -0.05) is 26.7 Å². The van der Waals surface area contributed by atoms with Gasteiger partial charge in [0.05, 0.1) is 12.0 Å². The molecular formula is C19H34N2O6. The predicted octanol–water partition coefficient (Wildman–Crippen LogP) is 1.90. The Kier molecular flexibility index (Phi) is 8.07. The lowest BCUT2D eigenvalue weighted by Gasteiger charge is -2.36. The van der Waals surface area contributed by atoms with Gasteiger partial charge in [0.15, 0.2) is 0 Å². The van der Waals surface area contributed by atoms with Crippen molar-refractivity contribution in [2.24, 2.45) is 17.8 Å². The number of hydrogen-bond donors (Lipinski definition) is 4. The number of aliphatic hydroxyl groups excluding tert-OH is 1. The second-order valence-electron chi connectivity index (χ2n) is 8.30. The maximum atomic E-state index is 12.2. The number of aliphatic hydroxyl groups is 1. The SMILES string of the molecule is CCC(CC)[C@H](NC(C)=O)C1C(NC(=O)OC(C)(C)C)CC(C(=O)O)C1O. The van der Waals surface area contributed by atoms with Crippen LogP contribution in [0.3, 0.4) is 0 Å². The molecule has 27 heavy (non-hydrogen) atoms. The summed E-state index contributed by atoms with van der Waals surface area (Å²) in [6.07, 6.45) is -0.263. The van der Waals surface area contributed by atoms with E-state index in [1.54, 1.807) is 20.8 Å². The Balaban J connectivity index is 3.17. The van der Waals surface area contributed by atoms with Crippen molar-refractivity contribution < 1.29 is 29.3 Å². The second-order valence-corrected chi connectivity index (χ2v) is 8.30. The van der Waals surface area contributed by atoms with Crippen LogP contribution < -0.4 is 10.6 Å². The molecule has 8 nitrogen and oxygen atoms in total. The Labute approximate surface area is 161 Å². The van der Waals surface area contributed by atoms with Crippen molar-refractivity contribution in [3.8, 4) is 0 Å². The smallest absolute Gasteiger partial charge is 0.407 e. The largest absolute Gasteiger partial charge is 0.481 e. The average molecular weight is 386 g/mol. The minimum atomic E-state index is -1.18. The maximum absolute atomic E-state index is 12.2. The summed E-state index contributed by atoms with van der Waals surface area (Å²) < 4.78 is 5.29. The Bertz CT molecular complexity index is 541. The van der Waals surface area contributed by atoms with Gasteiger partial charge >= 0.3 is 12.1 Å². The van der Waals surface area contributed by atoms with Gasteiger partial charge in [0.1, 0.15) is 5.60 Å². The fourth-order valence-corrected chi connectivity index (χ4v) is 3.96. The zero-order chi connectivity index (χ0) is 20.9. The summed E-state index contributed by atoms with van der Waals surface area (Å²) in [5.74, 6) is -2.96. The van der Waals surface area contributed by atoms with Crippen molar-refractivity contribution in [1.82, 2.24) is 10.6 Å². The molecule has 8 heteroatoms. The number of alkyl carbamates (subject to hydrolysis) is 1. The Hall–Kier alpha value is -1.83. The summed E-state index contributed by atoms with van der Waals surface area (Å²) in [7, 11) is 0. The minimum Gasteiger partial charge on any atom is -0.481 e. The molecule has 0 aromatic rings. The first-order valence-electron chi connectivity index (χ1n) is 9.58. The Morgan fingerprint density at radius 3 is 2.15 bits per heavy atom. The number of amides is 2. The second kappa shape index (κ2) is 9.39. The van der Waals surface area contributed by atoms with Gasteiger partial charge in [-0.2, -0.15) is 0 Å². The molecule has 1 fully saturated rings. The molecule has 1 saturated carbocycles. The molecule has 5 atom stereocenters. The van der Waals surface area contributed by atoms with Crippen LogP contribution >= 0.6 is 0 Å². The number of nitrogens with one attached hydrogen (secondary N) is 2. The standard InChI is InChI=1S/C19H34N2O6/c1-7-11(8-2)15(20-10(3)22)14-13(9-12(16(14)23)17(24)25)21-18(26)27-19(4,5)6/h11-16,23H,7-9H2,1-6H3,(H,20,22)(H,21,26)(H,24,25)/t12?,13?,14?,15-,16?/m0/s1. The van der Waals surface area contributed by atoms with Crippen LogP contribution in [0.25, 0.3) is 0 Å². The lowest BCUT2D eigenvalue weighted by atomic mass is 9.80. The first kappa shape index (κ1) is 23.2. The lowest BCUT2D eigenvalue weighted by Crippen LogP contribution is -2.54. The molecular weight excluding hydrogens is 352 g/mol. The number of carboxylic acids is 1. The number of ether oxygens (including phenoxy) is 1. The van der Waals surface area contributed by atoms with Gasteiger partial charge < -0.3 is 25.6 Å². The molecule has 1 rings (SSSR count). The molecule has 0 aromatic heterocycles. The highest BCUT2D eigenvalue weighted by Crippen LogP contribution is 2.38. The summed E-state index contributed by atoms with van der Waals surface area (Å²) in [5.41, 5.74) is -0.699. The third-order valence-corrected chi connectivity index (χ3v) is 5.14. The zero-order valence-corrected chi connectivity index (χ0v) is 17.1. The van der Waals surface area contributed by atoms with E-state index in [9.17, 15) is 24.6 Å². The number of aliphatic carboxylic acids is 1. The summed E-state index contributed by atoms with van der Waals surface area (Å²) in [6, 6.07) is -1.06. The molecule has 4 unspecified atom stereocenters. The van der Waals surface area contributed by atoms with Crippen LogP contribution in [0.1, 0.15) is 60.8 Å². The molecule has 0 heterocycles. The average Bonchev–Trinajstić information content (AvgIpc) is 2.81. The topological polar surface area (TPSA) is 125 Å². The van der Waals surface area contributed by atoms with Crippen molar-refractivity contribution in [2.75, 3.05) is 0 Å². The molecule has 2 amide bonds. The minimum absolute atomic E-state index is 0.0454. The lowest BCUT2D eigenvalue weighted by molar-refractivity contribution is -0.145. The van der Waals surface area contributed by atoms with E-state index in [2.05, 4.69) is 10.6 Å². The van der Waals surface area contributed by atoms with Crippen molar-refractivity contribution in [3.05, 3.63) is 0 Å². The summed E-state index contributed by atoms with van der Waals surface area (Å²) in [4.78, 5) is 35.6. The number of hydrogen-bond acceptors (Lipinski definition) is 5. The van der Waals surface area contributed by atoms with Crippen LogP contribution in [-0.2, 0) is 14.3 Å². The molecule has 0 aliphatic heterocycles. The van der Waals surface area contributed by atoms with Crippen molar-refractivity contribution >= 4 is 18.0 Å². The van der Waals surface area contributed by atoms with E-state index < -0.39 is 47.7 Å². The van der Waals surface area contributed by atoms with Crippen LogP contribution in [0.5, 0.6) is 0 Å². The van der Waals surface area contributed by atoms with E-state index in [0.29, 0.717) is 0 Å². The summed E-state index contributed by atoms with van der Waals surface area (Å²) in [5, 5.41) is 25.8. The van der Waals surface area contributed by atoms with E-state index in [0.717, 1.165) is 12.8 Å². The van der Waals surface area contributed by atoms with Crippen molar-refractivity contribution in [3.63, 3.8) is 0 Å². The maximum Gasteiger partial charge on any atom is 0.407 e. The van der Waals surface area contributed by atoms with Crippen LogP contribution in [0.2, 0.25) is 0 Å². The Morgan fingerprint density at radius 2 is 1.74 bits per heavy atom. The third kappa shape index (κ3) is 6.37. The van der Waals surface area contributed by atoms with Gasteiger partial charge in [0, 0.05) is 24.9 Å². The van der Waals surface area contributed by atoms with Crippen LogP contribution in [0.4, 0.5) is 4.79 Å². The van der Waals surface area contributed by atoms with Crippen LogP contribution in [-0.4, -0.2) is 52.0 Å². The van der Waals surface area contributed by atoms with Crippen LogP contribution in [0, 0.1) is 17.8 Å². The highest BCUT2D eigenvalue weighted by atomic mass is 16.6. The van der Waals surface area contributed by atoms with Gasteiger partial charge in [-0.05, 0) is 33.1 Å². The summed E-state index contributed by atoms with van der Waals surface area (Å²) >= 11 is 0. The number of carbonyl (C=O) groups is 3. The number of rotatable bonds is 7. The first-order valence-corrected chi connectivity index (χ1v) is 9.58. The Morgan fingerprint density at radius 1 is 1.19 bits per heavy atom. The molecule has 1 aliphatic carbocycles. The summed E-state index contributed by atoms with van der Waals surface area (Å²) in [6.45, 7) is 10.6. The van der Waals surface area contributed by atoms with Crippen molar-refractivity contribution in [1.29, 1.82) is 0 Å². The fraction of sp³-hybridized carbons (Fsp3) is 0.842. The fourth-order valence-electron chi connectivity index (χ4n) is 3.96. The highest BCUT2D eigenvalue weighted by Gasteiger charge is 2.51. The monoisotopic (exact) mass is 386 g/mol. The third-order valence-electron chi connectivity index (χ3n) is 5.14. The molecule has 4 N–H and O–H groups in total. The molecule has 0 aromatic carbocycles. The van der Waals surface area contributed by atoms with Crippen molar-refractivity contribution in [2.45, 2.75) is 84.6 Å². The normalized spacial score (nSPS) is 26.5. The molecule has 0 bridgehead atoms. The number of carboxylic acid groups (broad SMARTS) is 1. The number of carbonyl (C=O) groups excluding carboxylic acids is 2. The quantitative estimate of drug-likeness (QED) is 0.530. The van der Waals surface area contributed by atoms with Gasteiger partial charge in [-0.3, -0.25) is 9.59 Å². The molecule has 156 valence electrons. The van der Waals surface area contributed by atoms with Gasteiger partial charge in [-0.25, -0.2) is 4.79 Å². The molecule has 0 spiro atoms. The molecule has 0 saturated heterocycles. The van der Waals surface area contributed by atoms with Gasteiger partial charge in [0.25, 0.3) is 0 Å². The van der Waals surface area contributed by atoms with E-state index in [4.69, 9.17) is 4.74 Å². The van der Waals surface area contributed by atoms with Gasteiger partial charge in [0.2, 0.25) is 5.91 Å².